The first-order chi connectivity index (χ1) is 8.34. The van der Waals surface area contributed by atoms with Crippen LogP contribution in [-0.2, 0) is 5.41 Å². The topological polar surface area (TPSA) is 55.1 Å². The molecule has 0 aromatic heterocycles. The average Bonchev–Trinajstić information content (AvgIpc) is 2.34. The Hall–Kier alpha value is -1.35. The molecule has 0 radical (unpaired) electrons. The van der Waals surface area contributed by atoms with Gasteiger partial charge in [0, 0.05) is 18.2 Å². The highest BCUT2D eigenvalue weighted by Crippen LogP contribution is 2.22. The third-order valence-corrected chi connectivity index (χ3v) is 3.06. The molecule has 0 aliphatic heterocycles. The number of benzene rings is 1. The van der Waals surface area contributed by atoms with Gasteiger partial charge >= 0.3 is 0 Å². The van der Waals surface area contributed by atoms with Crippen LogP contribution < -0.4 is 11.1 Å². The lowest BCUT2D eigenvalue weighted by molar-refractivity contribution is 0.0951. The Labute approximate surface area is 110 Å². The van der Waals surface area contributed by atoms with Gasteiger partial charge in [-0.2, -0.15) is 0 Å². The summed E-state index contributed by atoms with van der Waals surface area (Å²) in [6.45, 7) is 9.00. The van der Waals surface area contributed by atoms with Gasteiger partial charge in [0.2, 0.25) is 0 Å². The molecule has 0 fully saturated rings. The molecule has 3 heteroatoms. The van der Waals surface area contributed by atoms with Crippen LogP contribution in [0.3, 0.4) is 0 Å². The van der Waals surface area contributed by atoms with Gasteiger partial charge in [0.25, 0.3) is 5.91 Å². The molecule has 0 saturated carbocycles. The molecule has 0 aliphatic carbocycles. The maximum absolute atomic E-state index is 11.9. The first-order valence-corrected chi connectivity index (χ1v) is 6.49. The van der Waals surface area contributed by atoms with Gasteiger partial charge in [-0.1, -0.05) is 39.8 Å². The van der Waals surface area contributed by atoms with Crippen LogP contribution in [-0.4, -0.2) is 18.5 Å². The van der Waals surface area contributed by atoms with Crippen molar-refractivity contribution in [1.82, 2.24) is 5.32 Å². The number of rotatable bonds is 4. The van der Waals surface area contributed by atoms with Crippen LogP contribution in [0.5, 0.6) is 0 Å². The first-order valence-electron chi connectivity index (χ1n) is 6.49. The van der Waals surface area contributed by atoms with Crippen molar-refractivity contribution in [3.8, 4) is 0 Å². The van der Waals surface area contributed by atoms with Gasteiger partial charge in [0.05, 0.1) is 0 Å². The highest BCUT2D eigenvalue weighted by atomic mass is 16.1. The van der Waals surface area contributed by atoms with Crippen molar-refractivity contribution in [2.24, 2.45) is 5.73 Å². The largest absolute Gasteiger partial charge is 0.350 e. The molecule has 0 saturated heterocycles. The summed E-state index contributed by atoms with van der Waals surface area (Å²) in [5, 5.41) is 2.84. The van der Waals surface area contributed by atoms with E-state index in [0.717, 1.165) is 6.42 Å². The van der Waals surface area contributed by atoms with Crippen LogP contribution in [0.15, 0.2) is 24.3 Å². The fourth-order valence-corrected chi connectivity index (χ4v) is 1.59. The Morgan fingerprint density at radius 3 is 2.28 bits per heavy atom. The summed E-state index contributed by atoms with van der Waals surface area (Å²) in [5.74, 6) is -0.0561. The smallest absolute Gasteiger partial charge is 0.251 e. The number of nitrogens with two attached hydrogens (primary N) is 1. The van der Waals surface area contributed by atoms with Gasteiger partial charge in [-0.15, -0.1) is 0 Å². The standard InChI is InChI=1S/C15H24N2O/c1-5-13(16)10-17-14(18)11-6-8-12(9-7-11)15(2,3)4/h6-9,13H,5,10,16H2,1-4H3,(H,17,18). The predicted molar refractivity (Wildman–Crippen MR) is 75.7 cm³/mol. The summed E-state index contributed by atoms with van der Waals surface area (Å²) in [5.41, 5.74) is 7.79. The molecule has 0 aliphatic rings. The van der Waals surface area contributed by atoms with Gasteiger partial charge in [-0.25, -0.2) is 0 Å². The molecule has 0 bridgehead atoms. The minimum Gasteiger partial charge on any atom is -0.350 e. The van der Waals surface area contributed by atoms with Crippen LogP contribution in [0.1, 0.15) is 50.0 Å². The summed E-state index contributed by atoms with van der Waals surface area (Å²) >= 11 is 0. The minimum atomic E-state index is -0.0561. The summed E-state index contributed by atoms with van der Waals surface area (Å²) in [6, 6.07) is 7.78. The SMILES string of the molecule is CCC(N)CNC(=O)c1ccc(C(C)(C)C)cc1. The van der Waals surface area contributed by atoms with Gasteiger partial charge in [-0.05, 0) is 29.5 Å². The quantitative estimate of drug-likeness (QED) is 0.860. The Bertz CT molecular complexity index is 390. The molecular weight excluding hydrogens is 224 g/mol. The second-order valence-electron chi connectivity index (χ2n) is 5.71. The van der Waals surface area contributed by atoms with E-state index in [4.69, 9.17) is 5.73 Å². The zero-order chi connectivity index (χ0) is 13.8. The van der Waals surface area contributed by atoms with E-state index in [2.05, 4.69) is 26.1 Å². The molecule has 1 atom stereocenters. The average molecular weight is 248 g/mol. The number of hydrogen-bond acceptors (Lipinski definition) is 2. The van der Waals surface area contributed by atoms with Crippen LogP contribution in [0, 0.1) is 0 Å². The number of carbonyl (C=O) groups excluding carboxylic acids is 1. The van der Waals surface area contributed by atoms with Crippen LogP contribution >= 0.6 is 0 Å². The monoisotopic (exact) mass is 248 g/mol. The molecule has 0 spiro atoms. The molecular formula is C15H24N2O. The molecule has 3 N–H and O–H groups in total. The third kappa shape index (κ3) is 4.15. The van der Waals surface area contributed by atoms with E-state index >= 15 is 0 Å². The summed E-state index contributed by atoms with van der Waals surface area (Å²) < 4.78 is 0. The molecule has 100 valence electrons. The third-order valence-electron chi connectivity index (χ3n) is 3.06. The summed E-state index contributed by atoms with van der Waals surface area (Å²) in [7, 11) is 0. The van der Waals surface area contributed by atoms with E-state index < -0.39 is 0 Å². The minimum absolute atomic E-state index is 0.0304. The maximum atomic E-state index is 11.9. The van der Waals surface area contributed by atoms with Crippen molar-refractivity contribution < 1.29 is 4.79 Å². The second kappa shape index (κ2) is 6.01. The zero-order valence-corrected chi connectivity index (χ0v) is 11.8. The fourth-order valence-electron chi connectivity index (χ4n) is 1.59. The van der Waals surface area contributed by atoms with Gasteiger partial charge in [-0.3, -0.25) is 4.79 Å². The number of nitrogens with one attached hydrogen (secondary N) is 1. The second-order valence-corrected chi connectivity index (χ2v) is 5.71. The highest BCUT2D eigenvalue weighted by Gasteiger charge is 2.14. The first kappa shape index (κ1) is 14.7. The molecule has 1 aromatic carbocycles. The predicted octanol–water partition coefficient (Wildman–Crippen LogP) is 2.45. The van der Waals surface area contributed by atoms with Gasteiger partial charge in [0.15, 0.2) is 0 Å². The maximum Gasteiger partial charge on any atom is 0.251 e. The Kier molecular flexibility index (Phi) is 4.91. The molecule has 1 rings (SSSR count). The van der Waals surface area contributed by atoms with Crippen molar-refractivity contribution in [3.63, 3.8) is 0 Å². The van der Waals surface area contributed by atoms with Crippen LogP contribution in [0.4, 0.5) is 0 Å². The Morgan fingerprint density at radius 2 is 1.83 bits per heavy atom. The summed E-state index contributed by atoms with van der Waals surface area (Å²) in [4.78, 5) is 11.9. The Balaban J connectivity index is 2.65. The number of amides is 1. The molecule has 1 unspecified atom stereocenters. The molecule has 3 nitrogen and oxygen atoms in total. The Morgan fingerprint density at radius 1 is 1.28 bits per heavy atom. The van der Waals surface area contributed by atoms with Crippen molar-refractivity contribution >= 4 is 5.91 Å². The van der Waals surface area contributed by atoms with E-state index in [9.17, 15) is 4.79 Å². The fraction of sp³-hybridized carbons (Fsp3) is 0.533. The normalized spacial score (nSPS) is 13.2. The van der Waals surface area contributed by atoms with E-state index in [1.54, 1.807) is 0 Å². The van der Waals surface area contributed by atoms with E-state index in [1.807, 2.05) is 31.2 Å². The van der Waals surface area contributed by atoms with E-state index in [1.165, 1.54) is 5.56 Å². The van der Waals surface area contributed by atoms with Crippen molar-refractivity contribution in [2.75, 3.05) is 6.54 Å². The van der Waals surface area contributed by atoms with Gasteiger partial charge in [0.1, 0.15) is 0 Å². The molecule has 18 heavy (non-hydrogen) atoms. The van der Waals surface area contributed by atoms with Gasteiger partial charge < -0.3 is 11.1 Å². The van der Waals surface area contributed by atoms with Crippen molar-refractivity contribution in [2.45, 2.75) is 45.6 Å². The highest BCUT2D eigenvalue weighted by molar-refractivity contribution is 5.94. The van der Waals surface area contributed by atoms with Crippen LogP contribution in [0.2, 0.25) is 0 Å². The molecule has 1 aromatic rings. The van der Waals surface area contributed by atoms with Crippen molar-refractivity contribution in [3.05, 3.63) is 35.4 Å². The van der Waals surface area contributed by atoms with Crippen LogP contribution in [0.25, 0.3) is 0 Å². The van der Waals surface area contributed by atoms with E-state index in [0.29, 0.717) is 12.1 Å². The lowest BCUT2D eigenvalue weighted by Gasteiger charge is -2.19. The lowest BCUT2D eigenvalue weighted by Crippen LogP contribution is -2.36. The van der Waals surface area contributed by atoms with E-state index in [-0.39, 0.29) is 17.4 Å². The number of hydrogen-bond donors (Lipinski definition) is 2. The molecule has 0 heterocycles. The zero-order valence-electron chi connectivity index (χ0n) is 11.8. The number of carbonyl (C=O) groups is 1. The van der Waals surface area contributed by atoms with Crippen molar-refractivity contribution in [1.29, 1.82) is 0 Å². The summed E-state index contributed by atoms with van der Waals surface area (Å²) in [6.07, 6.45) is 0.864. The molecule has 1 amide bonds. The lowest BCUT2D eigenvalue weighted by atomic mass is 9.87.